The maximum atomic E-state index is 12.2. The lowest BCUT2D eigenvalue weighted by atomic mass is 10.2. The van der Waals surface area contributed by atoms with Crippen LogP contribution < -0.4 is 15.8 Å². The molecule has 2 aromatic carbocycles. The van der Waals surface area contributed by atoms with Crippen LogP contribution in [-0.2, 0) is 21.4 Å². The molecule has 0 fully saturated rings. The van der Waals surface area contributed by atoms with E-state index < -0.39 is 10.0 Å². The molecule has 5 N–H and O–H groups in total. The van der Waals surface area contributed by atoms with E-state index in [0.29, 0.717) is 17.3 Å². The fourth-order valence-corrected chi connectivity index (χ4v) is 2.79. The van der Waals surface area contributed by atoms with E-state index in [9.17, 15) is 13.2 Å². The molecule has 24 heavy (non-hydrogen) atoms. The van der Waals surface area contributed by atoms with Gasteiger partial charge in [0, 0.05) is 16.3 Å². The van der Waals surface area contributed by atoms with Crippen LogP contribution in [0, 0.1) is 0 Å². The molecule has 0 radical (unpaired) electrons. The predicted octanol–water partition coefficient (Wildman–Crippen LogP) is 1.08. The maximum absolute atomic E-state index is 12.2. The molecule has 2 aromatic rings. The fourth-order valence-electron chi connectivity index (χ4n) is 2.06. The van der Waals surface area contributed by atoms with Crippen LogP contribution in [0.2, 0.25) is 5.02 Å². The average molecular weight is 369 g/mol. The van der Waals surface area contributed by atoms with Crippen LogP contribution in [0.4, 0.5) is 5.69 Å². The summed E-state index contributed by atoms with van der Waals surface area (Å²) >= 11 is 6.09. The number of primary sulfonamides is 1. The summed E-state index contributed by atoms with van der Waals surface area (Å²) in [5.41, 5.74) is 1.46. The van der Waals surface area contributed by atoms with E-state index in [1.807, 2.05) is 29.6 Å². The van der Waals surface area contributed by atoms with Crippen LogP contribution in [-0.4, -0.2) is 20.4 Å². The van der Waals surface area contributed by atoms with Crippen LogP contribution in [0.25, 0.3) is 0 Å². The number of hydrogen-bond donors (Lipinski definition) is 3. The highest BCUT2D eigenvalue weighted by molar-refractivity contribution is 7.89. The Balaban J connectivity index is 1.93. The Labute approximate surface area is 146 Å². The fraction of sp³-hybridized carbons (Fsp3) is 0.188. The number of nitrogens with two attached hydrogens (primary N) is 2. The smallest absolute Gasteiger partial charge is 0.282 e. The number of rotatable bonds is 6. The number of amides is 1. The summed E-state index contributed by atoms with van der Waals surface area (Å²) in [5, 5.41) is 10.3. The maximum Gasteiger partial charge on any atom is 0.282 e. The van der Waals surface area contributed by atoms with Gasteiger partial charge in [0.2, 0.25) is 10.0 Å². The normalized spacial score (nSPS) is 12.6. The molecule has 0 aliphatic rings. The Bertz CT molecular complexity index is 823. The number of anilines is 1. The van der Waals surface area contributed by atoms with Crippen molar-refractivity contribution >= 4 is 33.2 Å². The lowest BCUT2D eigenvalue weighted by molar-refractivity contribution is -0.688. The first kappa shape index (κ1) is 18.4. The van der Waals surface area contributed by atoms with Crippen molar-refractivity contribution in [3.8, 4) is 0 Å². The lowest BCUT2D eigenvalue weighted by Gasteiger charge is -2.12. The van der Waals surface area contributed by atoms with Gasteiger partial charge in [0.1, 0.15) is 6.54 Å². The third-order valence-electron chi connectivity index (χ3n) is 3.51. The standard InChI is InChI=1S/C16H18ClN3O3S/c1-11(19-10-12-4-2-3-5-15(12)17)16(21)20-13-6-8-14(9-7-13)24(18,22)23/h2-9,11,19H,10H2,1H3,(H,20,21)(H2,18,22,23)/p+1/t11-/m1/s1. The molecule has 0 aromatic heterocycles. The molecule has 0 saturated carbocycles. The Kier molecular flexibility index (Phi) is 5.95. The van der Waals surface area contributed by atoms with E-state index in [-0.39, 0.29) is 16.8 Å². The number of benzene rings is 2. The lowest BCUT2D eigenvalue weighted by Crippen LogP contribution is -2.90. The number of halogens is 1. The molecule has 0 aliphatic heterocycles. The van der Waals surface area contributed by atoms with Crippen molar-refractivity contribution in [2.45, 2.75) is 24.4 Å². The zero-order valence-corrected chi connectivity index (χ0v) is 14.6. The highest BCUT2D eigenvalue weighted by atomic mass is 35.5. The van der Waals surface area contributed by atoms with Crippen LogP contribution in [0.5, 0.6) is 0 Å². The first-order chi connectivity index (χ1) is 11.3. The molecule has 0 bridgehead atoms. The number of nitrogens with one attached hydrogen (secondary N) is 1. The van der Waals surface area contributed by atoms with Crippen molar-refractivity contribution in [3.63, 3.8) is 0 Å². The topological polar surface area (TPSA) is 106 Å². The van der Waals surface area contributed by atoms with Gasteiger partial charge in [0.05, 0.1) is 4.90 Å². The zero-order valence-electron chi connectivity index (χ0n) is 13.1. The third-order valence-corrected chi connectivity index (χ3v) is 4.81. The molecule has 1 atom stereocenters. The predicted molar refractivity (Wildman–Crippen MR) is 93.0 cm³/mol. The van der Waals surface area contributed by atoms with Gasteiger partial charge >= 0.3 is 0 Å². The summed E-state index contributed by atoms with van der Waals surface area (Å²) in [6, 6.07) is 12.8. The van der Waals surface area contributed by atoms with Gasteiger partial charge in [-0.3, -0.25) is 4.79 Å². The molecule has 128 valence electrons. The van der Waals surface area contributed by atoms with Gasteiger partial charge in [-0.2, -0.15) is 0 Å². The van der Waals surface area contributed by atoms with Crippen molar-refractivity contribution < 1.29 is 18.5 Å². The Morgan fingerprint density at radius 3 is 2.42 bits per heavy atom. The molecular formula is C16H19ClN3O3S+. The Morgan fingerprint density at radius 1 is 1.21 bits per heavy atom. The van der Waals surface area contributed by atoms with Crippen LogP contribution in [0.1, 0.15) is 12.5 Å². The van der Waals surface area contributed by atoms with Crippen molar-refractivity contribution in [2.24, 2.45) is 5.14 Å². The quantitative estimate of drug-likeness (QED) is 0.710. The third kappa shape index (κ3) is 5.04. The Morgan fingerprint density at radius 2 is 1.83 bits per heavy atom. The van der Waals surface area contributed by atoms with E-state index in [4.69, 9.17) is 16.7 Å². The minimum absolute atomic E-state index is 0.00108. The van der Waals surface area contributed by atoms with E-state index in [1.165, 1.54) is 24.3 Å². The second-order valence-corrected chi connectivity index (χ2v) is 7.35. The zero-order chi connectivity index (χ0) is 17.7. The minimum Gasteiger partial charge on any atom is -0.332 e. The van der Waals surface area contributed by atoms with Gasteiger partial charge in [0.25, 0.3) is 5.91 Å². The largest absolute Gasteiger partial charge is 0.332 e. The van der Waals surface area contributed by atoms with Gasteiger partial charge in [-0.25, -0.2) is 13.6 Å². The van der Waals surface area contributed by atoms with Crippen LogP contribution in [0.15, 0.2) is 53.4 Å². The van der Waals surface area contributed by atoms with Crippen LogP contribution >= 0.6 is 11.6 Å². The molecule has 0 saturated heterocycles. The van der Waals surface area contributed by atoms with E-state index in [1.54, 1.807) is 6.92 Å². The Hall–Kier alpha value is -1.93. The molecular weight excluding hydrogens is 350 g/mol. The van der Waals surface area contributed by atoms with Gasteiger partial charge in [0.15, 0.2) is 6.04 Å². The first-order valence-electron chi connectivity index (χ1n) is 7.28. The van der Waals surface area contributed by atoms with E-state index >= 15 is 0 Å². The second kappa shape index (κ2) is 7.76. The summed E-state index contributed by atoms with van der Waals surface area (Å²) in [7, 11) is -3.74. The highest BCUT2D eigenvalue weighted by Gasteiger charge is 2.17. The SMILES string of the molecule is C[C@@H]([NH2+]Cc1ccccc1Cl)C(=O)Nc1ccc(S(N)(=O)=O)cc1. The first-order valence-corrected chi connectivity index (χ1v) is 9.20. The number of quaternary nitrogens is 1. The van der Waals surface area contributed by atoms with E-state index in [2.05, 4.69) is 5.32 Å². The molecule has 8 heteroatoms. The summed E-state index contributed by atoms with van der Waals surface area (Å²) in [4.78, 5) is 12.2. The monoisotopic (exact) mass is 368 g/mol. The molecule has 2 rings (SSSR count). The van der Waals surface area contributed by atoms with E-state index in [0.717, 1.165) is 5.56 Å². The average Bonchev–Trinajstić information content (AvgIpc) is 2.53. The number of hydrogen-bond acceptors (Lipinski definition) is 3. The summed E-state index contributed by atoms with van der Waals surface area (Å²) in [6.45, 7) is 2.36. The highest BCUT2D eigenvalue weighted by Crippen LogP contribution is 2.14. The van der Waals surface area contributed by atoms with Gasteiger partial charge in [-0.1, -0.05) is 29.8 Å². The van der Waals surface area contributed by atoms with Crippen LogP contribution in [0.3, 0.4) is 0 Å². The molecule has 1 amide bonds. The summed E-state index contributed by atoms with van der Waals surface area (Å²) < 4.78 is 22.4. The summed E-state index contributed by atoms with van der Waals surface area (Å²) in [5.74, 6) is -0.189. The molecule has 6 nitrogen and oxygen atoms in total. The summed E-state index contributed by atoms with van der Waals surface area (Å²) in [6.07, 6.45) is 0. The molecule has 0 aliphatic carbocycles. The minimum atomic E-state index is -3.74. The van der Waals surface area contributed by atoms with Gasteiger partial charge < -0.3 is 10.6 Å². The van der Waals surface area contributed by atoms with Crippen molar-refractivity contribution in [2.75, 3.05) is 5.32 Å². The van der Waals surface area contributed by atoms with Crippen molar-refractivity contribution in [1.29, 1.82) is 0 Å². The van der Waals surface area contributed by atoms with Crippen molar-refractivity contribution in [3.05, 3.63) is 59.1 Å². The molecule has 0 spiro atoms. The van der Waals surface area contributed by atoms with Crippen molar-refractivity contribution in [1.82, 2.24) is 0 Å². The van der Waals surface area contributed by atoms with Gasteiger partial charge in [-0.15, -0.1) is 0 Å². The molecule has 0 unspecified atom stereocenters. The number of sulfonamides is 1. The number of carbonyl (C=O) groups is 1. The second-order valence-electron chi connectivity index (χ2n) is 5.38. The number of carbonyl (C=O) groups excluding carboxylic acids is 1. The molecule has 0 heterocycles. The van der Waals surface area contributed by atoms with Gasteiger partial charge in [-0.05, 0) is 37.3 Å².